The highest BCUT2D eigenvalue weighted by Gasteiger charge is 2.63. The number of allylic oxidation sites excluding steroid dienone is 1. The molecule has 21 heavy (non-hydrogen) atoms. The number of para-hydroxylation sites is 1. The van der Waals surface area contributed by atoms with Crippen LogP contribution >= 0.6 is 0 Å². The fraction of sp³-hybridized carbons (Fsp3) is 0.474. The second kappa shape index (κ2) is 3.80. The third-order valence-electron chi connectivity index (χ3n) is 6.57. The van der Waals surface area contributed by atoms with Gasteiger partial charge in [-0.3, -0.25) is 4.90 Å². The van der Waals surface area contributed by atoms with Crippen molar-refractivity contribution in [1.29, 1.82) is 0 Å². The highest BCUT2D eigenvalue weighted by Crippen LogP contribution is 2.60. The maximum absolute atomic E-state index is 4.55. The molecule has 1 aromatic rings. The Morgan fingerprint density at radius 1 is 1.38 bits per heavy atom. The molecule has 5 rings (SSSR count). The maximum Gasteiger partial charge on any atom is 0.0590 e. The summed E-state index contributed by atoms with van der Waals surface area (Å²) in [4.78, 5) is 2.73. The first-order chi connectivity index (χ1) is 10.3. The predicted molar refractivity (Wildman–Crippen MR) is 86.5 cm³/mol. The van der Waals surface area contributed by atoms with Gasteiger partial charge in [-0.1, -0.05) is 36.4 Å². The first-order valence-electron chi connectivity index (χ1n) is 8.19. The van der Waals surface area contributed by atoms with Crippen LogP contribution in [0.25, 0.3) is 0 Å². The first-order valence-corrected chi connectivity index (χ1v) is 8.19. The fourth-order valence-corrected chi connectivity index (χ4v) is 5.66. The molecule has 1 aromatic carbocycles. The van der Waals surface area contributed by atoms with Crippen molar-refractivity contribution in [2.75, 3.05) is 18.4 Å². The van der Waals surface area contributed by atoms with Gasteiger partial charge in [0.15, 0.2) is 0 Å². The first kappa shape index (κ1) is 12.0. The van der Waals surface area contributed by atoms with Gasteiger partial charge < -0.3 is 5.32 Å². The van der Waals surface area contributed by atoms with Gasteiger partial charge in [-0.25, -0.2) is 0 Å². The molecule has 1 spiro atoms. The minimum Gasteiger partial charge on any atom is -0.377 e. The molecular formula is C19H22N2. The Morgan fingerprint density at radius 2 is 2.24 bits per heavy atom. The molecule has 1 N–H and O–H groups in total. The van der Waals surface area contributed by atoms with Crippen LogP contribution in [0.2, 0.25) is 0 Å². The zero-order valence-electron chi connectivity index (χ0n) is 12.6. The number of hydrogen-bond donors (Lipinski definition) is 1. The summed E-state index contributed by atoms with van der Waals surface area (Å²) in [7, 11) is 0. The SMILES string of the molecule is C=C1C2CC3N(CCC34c3ccccc3NC14)CC2=CC. The molecule has 4 aliphatic rings. The van der Waals surface area contributed by atoms with Crippen molar-refractivity contribution in [2.45, 2.75) is 37.3 Å². The predicted octanol–water partition coefficient (Wildman–Crippen LogP) is 3.33. The average Bonchev–Trinajstić information content (AvgIpc) is 3.07. The lowest BCUT2D eigenvalue weighted by atomic mass is 9.58. The number of rotatable bonds is 0. The molecular weight excluding hydrogens is 256 g/mol. The third kappa shape index (κ3) is 1.24. The van der Waals surface area contributed by atoms with Gasteiger partial charge in [-0.05, 0) is 43.5 Å². The van der Waals surface area contributed by atoms with Crippen LogP contribution in [-0.4, -0.2) is 30.1 Å². The van der Waals surface area contributed by atoms with Crippen molar-refractivity contribution in [3.8, 4) is 0 Å². The summed E-state index contributed by atoms with van der Waals surface area (Å²) in [5.74, 6) is 0.592. The summed E-state index contributed by atoms with van der Waals surface area (Å²) in [6, 6.07) is 10.1. The van der Waals surface area contributed by atoms with Gasteiger partial charge in [0.1, 0.15) is 0 Å². The van der Waals surface area contributed by atoms with Crippen molar-refractivity contribution >= 4 is 5.69 Å². The molecule has 4 atom stereocenters. The summed E-state index contributed by atoms with van der Waals surface area (Å²) in [5, 5.41) is 3.82. The van der Waals surface area contributed by atoms with E-state index in [1.165, 1.54) is 30.6 Å². The summed E-state index contributed by atoms with van der Waals surface area (Å²) >= 11 is 0. The van der Waals surface area contributed by atoms with Crippen LogP contribution in [0.15, 0.2) is 48.1 Å². The minimum atomic E-state index is 0.281. The number of benzene rings is 1. The number of nitrogens with zero attached hydrogens (tertiary/aromatic N) is 1. The van der Waals surface area contributed by atoms with Crippen LogP contribution in [0.1, 0.15) is 25.3 Å². The molecule has 2 nitrogen and oxygen atoms in total. The summed E-state index contributed by atoms with van der Waals surface area (Å²) in [5.41, 5.74) is 6.19. The molecule has 0 aromatic heterocycles. The van der Waals surface area contributed by atoms with Gasteiger partial charge >= 0.3 is 0 Å². The van der Waals surface area contributed by atoms with E-state index in [-0.39, 0.29) is 5.41 Å². The molecule has 3 fully saturated rings. The lowest BCUT2D eigenvalue weighted by molar-refractivity contribution is 0.133. The Kier molecular flexibility index (Phi) is 2.18. The molecule has 1 saturated carbocycles. The van der Waals surface area contributed by atoms with Gasteiger partial charge in [0.05, 0.1) is 6.04 Å². The van der Waals surface area contributed by atoms with Crippen LogP contribution in [0.5, 0.6) is 0 Å². The monoisotopic (exact) mass is 278 g/mol. The highest BCUT2D eigenvalue weighted by atomic mass is 15.2. The number of anilines is 1. The number of nitrogens with one attached hydrogen (secondary N) is 1. The van der Waals surface area contributed by atoms with Gasteiger partial charge in [-0.15, -0.1) is 0 Å². The summed E-state index contributed by atoms with van der Waals surface area (Å²) < 4.78 is 0. The van der Waals surface area contributed by atoms with Gasteiger partial charge in [0, 0.05) is 29.6 Å². The molecule has 0 amide bonds. The van der Waals surface area contributed by atoms with E-state index in [9.17, 15) is 0 Å². The number of fused-ring (bicyclic) bond motifs is 2. The fourth-order valence-electron chi connectivity index (χ4n) is 5.66. The average molecular weight is 278 g/mol. The molecule has 4 unspecified atom stereocenters. The van der Waals surface area contributed by atoms with Crippen LogP contribution < -0.4 is 5.32 Å². The minimum absolute atomic E-state index is 0.281. The van der Waals surface area contributed by atoms with E-state index in [1.54, 1.807) is 11.1 Å². The van der Waals surface area contributed by atoms with Gasteiger partial charge in [0.2, 0.25) is 0 Å². The standard InChI is InChI=1S/C19H22N2/c1-3-13-11-21-9-8-19-15-6-4-5-7-16(15)20-18(19)12(2)14(13)10-17(19)21/h3-7,14,17-18,20H,2,8-11H2,1H3. The topological polar surface area (TPSA) is 15.3 Å². The van der Waals surface area contributed by atoms with E-state index in [4.69, 9.17) is 0 Å². The quantitative estimate of drug-likeness (QED) is 0.732. The summed E-state index contributed by atoms with van der Waals surface area (Å²) in [6.45, 7) is 9.13. The maximum atomic E-state index is 4.55. The van der Waals surface area contributed by atoms with Crippen molar-refractivity contribution in [3.05, 3.63) is 53.6 Å². The van der Waals surface area contributed by atoms with Gasteiger partial charge in [0.25, 0.3) is 0 Å². The van der Waals surface area contributed by atoms with Crippen LogP contribution in [-0.2, 0) is 5.41 Å². The highest BCUT2D eigenvalue weighted by molar-refractivity contribution is 5.67. The van der Waals surface area contributed by atoms with E-state index in [0.717, 1.165) is 6.54 Å². The van der Waals surface area contributed by atoms with Crippen LogP contribution in [0.4, 0.5) is 5.69 Å². The molecule has 2 saturated heterocycles. The molecule has 3 heterocycles. The Labute approximate surface area is 126 Å². The second-order valence-corrected chi connectivity index (χ2v) is 7.13. The van der Waals surface area contributed by atoms with Crippen molar-refractivity contribution in [2.24, 2.45) is 5.92 Å². The number of hydrogen-bond acceptors (Lipinski definition) is 2. The smallest absolute Gasteiger partial charge is 0.0590 e. The molecule has 2 bridgehead atoms. The zero-order chi connectivity index (χ0) is 14.2. The van der Waals surface area contributed by atoms with E-state index in [2.05, 4.69) is 54.1 Å². The number of piperidine rings is 1. The summed E-state index contributed by atoms with van der Waals surface area (Å²) in [6.07, 6.45) is 4.87. The van der Waals surface area contributed by atoms with E-state index in [1.807, 2.05) is 0 Å². The Bertz CT molecular complexity index is 674. The Balaban J connectivity index is 1.73. The molecule has 108 valence electrons. The van der Waals surface area contributed by atoms with Crippen LogP contribution in [0.3, 0.4) is 0 Å². The molecule has 1 aliphatic carbocycles. The van der Waals surface area contributed by atoms with Crippen molar-refractivity contribution in [1.82, 2.24) is 4.90 Å². The lowest BCUT2D eigenvalue weighted by Gasteiger charge is -2.52. The normalized spacial score (nSPS) is 41.9. The van der Waals surface area contributed by atoms with E-state index in [0.29, 0.717) is 18.0 Å². The van der Waals surface area contributed by atoms with Gasteiger partial charge in [-0.2, -0.15) is 0 Å². The lowest BCUT2D eigenvalue weighted by Crippen LogP contribution is -2.58. The van der Waals surface area contributed by atoms with E-state index < -0.39 is 0 Å². The molecule has 3 aliphatic heterocycles. The Hall–Kier alpha value is -1.54. The third-order valence-corrected chi connectivity index (χ3v) is 6.57. The van der Waals surface area contributed by atoms with Crippen molar-refractivity contribution < 1.29 is 0 Å². The zero-order valence-corrected chi connectivity index (χ0v) is 12.6. The largest absolute Gasteiger partial charge is 0.377 e. The Morgan fingerprint density at radius 3 is 3.10 bits per heavy atom. The van der Waals surface area contributed by atoms with Crippen molar-refractivity contribution in [3.63, 3.8) is 0 Å². The molecule has 2 heteroatoms. The van der Waals surface area contributed by atoms with E-state index >= 15 is 0 Å². The second-order valence-electron chi connectivity index (χ2n) is 7.13. The molecule has 0 radical (unpaired) electrons. The van der Waals surface area contributed by atoms with Crippen LogP contribution in [0, 0.1) is 5.92 Å².